The predicted molar refractivity (Wildman–Crippen MR) is 98.0 cm³/mol. The molecular formula is C17H24Cl2N2O4. The van der Waals surface area contributed by atoms with Gasteiger partial charge in [-0.3, -0.25) is 4.90 Å². The Balaban J connectivity index is 2.71. The molecule has 1 rings (SSSR count). The molecule has 0 fully saturated rings. The van der Waals surface area contributed by atoms with Gasteiger partial charge in [0.25, 0.3) is 0 Å². The number of alkyl carbamates (subject to hydrolysis) is 1. The molecule has 0 aliphatic heterocycles. The fourth-order valence-corrected chi connectivity index (χ4v) is 2.42. The van der Waals surface area contributed by atoms with Crippen LogP contribution >= 0.6 is 23.2 Å². The Morgan fingerprint density at radius 3 is 2.40 bits per heavy atom. The molecule has 0 aliphatic carbocycles. The quantitative estimate of drug-likeness (QED) is 0.752. The lowest BCUT2D eigenvalue weighted by molar-refractivity contribution is -0.143. The maximum Gasteiger partial charge on any atom is 0.408 e. The predicted octanol–water partition coefficient (Wildman–Crippen LogP) is 3.49. The van der Waals surface area contributed by atoms with E-state index in [0.29, 0.717) is 16.6 Å². The van der Waals surface area contributed by atoms with E-state index in [1.165, 1.54) is 7.11 Å². The summed E-state index contributed by atoms with van der Waals surface area (Å²) < 4.78 is 9.94. The summed E-state index contributed by atoms with van der Waals surface area (Å²) in [4.78, 5) is 25.7. The Morgan fingerprint density at radius 1 is 1.24 bits per heavy atom. The van der Waals surface area contributed by atoms with Gasteiger partial charge in [0, 0.05) is 13.1 Å². The van der Waals surface area contributed by atoms with Gasteiger partial charge in [-0.15, -0.1) is 0 Å². The van der Waals surface area contributed by atoms with E-state index in [2.05, 4.69) is 5.32 Å². The third-order valence-corrected chi connectivity index (χ3v) is 3.85. The lowest BCUT2D eigenvalue weighted by Crippen LogP contribution is -2.49. The molecule has 0 saturated heterocycles. The van der Waals surface area contributed by atoms with E-state index >= 15 is 0 Å². The van der Waals surface area contributed by atoms with Gasteiger partial charge in [-0.25, -0.2) is 9.59 Å². The molecule has 0 heterocycles. The van der Waals surface area contributed by atoms with Crippen molar-refractivity contribution >= 4 is 35.3 Å². The molecule has 0 spiro atoms. The van der Waals surface area contributed by atoms with Crippen LogP contribution in [0.25, 0.3) is 0 Å². The minimum atomic E-state index is -0.854. The first-order chi connectivity index (χ1) is 11.5. The van der Waals surface area contributed by atoms with Crippen LogP contribution in [0, 0.1) is 0 Å². The molecule has 1 aromatic rings. The number of carbonyl (C=O) groups is 2. The second kappa shape index (κ2) is 9.27. The van der Waals surface area contributed by atoms with Gasteiger partial charge < -0.3 is 14.8 Å². The van der Waals surface area contributed by atoms with E-state index < -0.39 is 23.7 Å². The second-order valence-electron chi connectivity index (χ2n) is 6.67. The first kappa shape index (κ1) is 21.5. The molecule has 1 amide bonds. The fraction of sp³-hybridized carbons (Fsp3) is 0.529. The summed E-state index contributed by atoms with van der Waals surface area (Å²) in [5.74, 6) is -0.549. The molecule has 0 radical (unpaired) electrons. The van der Waals surface area contributed by atoms with Crippen LogP contribution in [0.4, 0.5) is 4.79 Å². The number of esters is 1. The number of hydrogen-bond acceptors (Lipinski definition) is 5. The van der Waals surface area contributed by atoms with Crippen LogP contribution in [0.1, 0.15) is 26.3 Å². The van der Waals surface area contributed by atoms with Gasteiger partial charge in [0.1, 0.15) is 11.6 Å². The van der Waals surface area contributed by atoms with Crippen LogP contribution in [-0.4, -0.2) is 49.3 Å². The van der Waals surface area contributed by atoms with E-state index in [9.17, 15) is 9.59 Å². The number of methoxy groups -OCH3 is 1. The van der Waals surface area contributed by atoms with Crippen LogP contribution in [0.2, 0.25) is 10.0 Å². The van der Waals surface area contributed by atoms with Crippen LogP contribution in [0.5, 0.6) is 0 Å². The van der Waals surface area contributed by atoms with Crippen molar-refractivity contribution in [2.75, 3.05) is 20.7 Å². The van der Waals surface area contributed by atoms with Crippen molar-refractivity contribution in [3.63, 3.8) is 0 Å². The third-order valence-electron chi connectivity index (χ3n) is 3.11. The van der Waals surface area contributed by atoms with E-state index in [4.69, 9.17) is 32.7 Å². The number of nitrogens with one attached hydrogen (secondary N) is 1. The zero-order valence-electron chi connectivity index (χ0n) is 15.1. The van der Waals surface area contributed by atoms with Gasteiger partial charge in [-0.05, 0) is 45.5 Å². The highest BCUT2D eigenvalue weighted by Crippen LogP contribution is 2.23. The molecule has 140 valence electrons. The molecular weight excluding hydrogens is 367 g/mol. The number of halogens is 2. The summed E-state index contributed by atoms with van der Waals surface area (Å²) in [6, 6.07) is 4.46. The molecule has 1 unspecified atom stereocenters. The largest absolute Gasteiger partial charge is 0.467 e. The molecule has 25 heavy (non-hydrogen) atoms. The highest BCUT2D eigenvalue weighted by molar-refractivity contribution is 6.42. The second-order valence-corrected chi connectivity index (χ2v) is 7.48. The molecule has 0 saturated carbocycles. The number of nitrogens with zero attached hydrogens (tertiary/aromatic N) is 1. The Hall–Kier alpha value is -1.50. The Bertz CT molecular complexity index is 617. The summed E-state index contributed by atoms with van der Waals surface area (Å²) >= 11 is 11.9. The Morgan fingerprint density at radius 2 is 1.88 bits per heavy atom. The maximum atomic E-state index is 11.9. The van der Waals surface area contributed by atoms with Crippen molar-refractivity contribution in [1.29, 1.82) is 0 Å². The number of ether oxygens (including phenoxy) is 2. The highest BCUT2D eigenvalue weighted by atomic mass is 35.5. The molecule has 0 bridgehead atoms. The topological polar surface area (TPSA) is 67.9 Å². The lowest BCUT2D eigenvalue weighted by atomic mass is 10.2. The molecule has 8 heteroatoms. The average Bonchev–Trinajstić information content (AvgIpc) is 2.47. The van der Waals surface area contributed by atoms with Crippen molar-refractivity contribution in [1.82, 2.24) is 10.2 Å². The zero-order chi connectivity index (χ0) is 19.2. The molecule has 6 nitrogen and oxygen atoms in total. The van der Waals surface area contributed by atoms with Gasteiger partial charge >= 0.3 is 12.1 Å². The van der Waals surface area contributed by atoms with Crippen LogP contribution in [-0.2, 0) is 20.8 Å². The SMILES string of the molecule is COC(=O)C(CN(C)Cc1ccc(Cl)c(Cl)c1)NC(=O)OC(C)(C)C. The maximum absolute atomic E-state index is 11.9. The number of rotatable bonds is 6. The van der Waals surface area contributed by atoms with Crippen molar-refractivity contribution in [2.45, 2.75) is 39.0 Å². The Labute approximate surface area is 158 Å². The van der Waals surface area contributed by atoms with E-state index in [0.717, 1.165) is 5.56 Å². The minimum Gasteiger partial charge on any atom is -0.467 e. The first-order valence-corrected chi connectivity index (χ1v) is 8.47. The van der Waals surface area contributed by atoms with Crippen molar-refractivity contribution < 1.29 is 19.1 Å². The summed E-state index contributed by atoms with van der Waals surface area (Å²) in [6.45, 7) is 5.99. The summed E-state index contributed by atoms with van der Waals surface area (Å²) in [7, 11) is 3.08. The van der Waals surface area contributed by atoms with Crippen LogP contribution in [0.3, 0.4) is 0 Å². The van der Waals surface area contributed by atoms with Gasteiger partial charge in [-0.1, -0.05) is 29.3 Å². The average molecular weight is 391 g/mol. The summed E-state index contributed by atoms with van der Waals surface area (Å²) in [6.07, 6.45) is -0.675. The summed E-state index contributed by atoms with van der Waals surface area (Å²) in [5.41, 5.74) is 0.272. The number of likely N-dealkylation sites (N-methyl/N-ethyl adjacent to an activating group) is 1. The molecule has 0 aliphatic rings. The number of hydrogen-bond donors (Lipinski definition) is 1. The minimum absolute atomic E-state index is 0.242. The molecule has 1 aromatic carbocycles. The van der Waals surface area contributed by atoms with Gasteiger partial charge in [-0.2, -0.15) is 0 Å². The first-order valence-electron chi connectivity index (χ1n) is 7.71. The normalized spacial score (nSPS) is 12.6. The summed E-state index contributed by atoms with van der Waals surface area (Å²) in [5, 5.41) is 3.48. The molecule has 1 N–H and O–H groups in total. The smallest absolute Gasteiger partial charge is 0.408 e. The van der Waals surface area contributed by atoms with Crippen molar-refractivity contribution in [3.8, 4) is 0 Å². The van der Waals surface area contributed by atoms with Gasteiger partial charge in [0.2, 0.25) is 0 Å². The number of carbonyl (C=O) groups excluding carboxylic acids is 2. The standard InChI is InChI=1S/C17H24Cl2N2O4/c1-17(2,3)25-16(23)20-14(15(22)24-5)10-21(4)9-11-6-7-12(18)13(19)8-11/h6-8,14H,9-10H2,1-5H3,(H,20,23). The van der Waals surface area contributed by atoms with Gasteiger partial charge in [0.15, 0.2) is 0 Å². The molecule has 0 aromatic heterocycles. The van der Waals surface area contributed by atoms with E-state index in [1.54, 1.807) is 32.9 Å². The number of amides is 1. The monoisotopic (exact) mass is 390 g/mol. The third kappa shape index (κ3) is 7.94. The van der Waals surface area contributed by atoms with Crippen LogP contribution in [0.15, 0.2) is 18.2 Å². The van der Waals surface area contributed by atoms with Crippen LogP contribution < -0.4 is 5.32 Å². The number of benzene rings is 1. The zero-order valence-corrected chi connectivity index (χ0v) is 16.6. The van der Waals surface area contributed by atoms with Crippen molar-refractivity contribution in [2.24, 2.45) is 0 Å². The van der Waals surface area contributed by atoms with Gasteiger partial charge in [0.05, 0.1) is 17.2 Å². The highest BCUT2D eigenvalue weighted by Gasteiger charge is 2.26. The lowest BCUT2D eigenvalue weighted by Gasteiger charge is -2.25. The van der Waals surface area contributed by atoms with E-state index in [1.807, 2.05) is 18.0 Å². The van der Waals surface area contributed by atoms with Crippen molar-refractivity contribution in [3.05, 3.63) is 33.8 Å². The Kier molecular flexibility index (Phi) is 7.99. The van der Waals surface area contributed by atoms with E-state index in [-0.39, 0.29) is 6.54 Å². The fourth-order valence-electron chi connectivity index (χ4n) is 2.10. The molecule has 1 atom stereocenters.